The molecule has 94 valence electrons. The highest BCUT2D eigenvalue weighted by Gasteiger charge is 2.00. The Hall–Kier alpha value is -1.56. The zero-order valence-corrected chi connectivity index (χ0v) is 10.8. The Morgan fingerprint density at radius 1 is 1.35 bits per heavy atom. The molecule has 1 aromatic rings. The lowest BCUT2D eigenvalue weighted by atomic mass is 10.2. The van der Waals surface area contributed by atoms with E-state index >= 15 is 0 Å². The molecule has 17 heavy (non-hydrogen) atoms. The predicted octanol–water partition coefficient (Wildman–Crippen LogP) is 0.766. The van der Waals surface area contributed by atoms with Crippen molar-refractivity contribution in [2.45, 2.75) is 6.92 Å². The minimum Gasteiger partial charge on any atom is -0.370 e. The van der Waals surface area contributed by atoms with Crippen LogP contribution in [0.2, 0.25) is 0 Å². The molecule has 0 saturated carbocycles. The van der Waals surface area contributed by atoms with Crippen LogP contribution in [0.1, 0.15) is 5.56 Å². The second-order valence-electron chi connectivity index (χ2n) is 3.89. The molecule has 0 aliphatic carbocycles. The number of nitrogens with one attached hydrogen (secondary N) is 1. The summed E-state index contributed by atoms with van der Waals surface area (Å²) in [6.45, 7) is 2.16. The van der Waals surface area contributed by atoms with Crippen molar-refractivity contribution in [2.75, 3.05) is 23.9 Å². The van der Waals surface area contributed by atoms with Gasteiger partial charge in [-0.2, -0.15) is 0 Å². The summed E-state index contributed by atoms with van der Waals surface area (Å²) in [6.07, 6.45) is 1.17. The van der Waals surface area contributed by atoms with Crippen LogP contribution >= 0.6 is 0 Å². The first-order chi connectivity index (χ1) is 7.87. The molecule has 5 nitrogen and oxygen atoms in total. The molecule has 0 atom stereocenters. The highest BCUT2D eigenvalue weighted by atomic mass is 32.2. The standard InChI is InChI=1S/C11H17N3O2S/c1-9-3-5-10(6-4-9)14-11(12)13-7-8-17(2,15)16/h3-6H,7-8H2,1-2H3,(H3,12,13,14). The van der Waals surface area contributed by atoms with Crippen molar-refractivity contribution < 1.29 is 8.42 Å². The molecule has 0 fully saturated rings. The van der Waals surface area contributed by atoms with Gasteiger partial charge in [0.15, 0.2) is 5.96 Å². The minimum atomic E-state index is -2.99. The Kier molecular flexibility index (Phi) is 4.51. The largest absolute Gasteiger partial charge is 0.370 e. The molecule has 0 aromatic heterocycles. The molecular formula is C11H17N3O2S. The van der Waals surface area contributed by atoms with E-state index in [0.29, 0.717) is 0 Å². The Labute approximate surface area is 102 Å². The van der Waals surface area contributed by atoms with Gasteiger partial charge in [-0.15, -0.1) is 0 Å². The lowest BCUT2D eigenvalue weighted by Gasteiger charge is -2.05. The summed E-state index contributed by atoms with van der Waals surface area (Å²) >= 11 is 0. The van der Waals surface area contributed by atoms with Gasteiger partial charge < -0.3 is 11.1 Å². The Morgan fingerprint density at radius 2 is 1.94 bits per heavy atom. The quantitative estimate of drug-likeness (QED) is 0.614. The summed E-state index contributed by atoms with van der Waals surface area (Å²) in [5.41, 5.74) is 7.60. The molecule has 0 aliphatic heterocycles. The van der Waals surface area contributed by atoms with Gasteiger partial charge in [0, 0.05) is 11.9 Å². The van der Waals surface area contributed by atoms with Crippen molar-refractivity contribution in [2.24, 2.45) is 10.7 Å². The summed E-state index contributed by atoms with van der Waals surface area (Å²) in [4.78, 5) is 3.93. The van der Waals surface area contributed by atoms with Gasteiger partial charge in [0.25, 0.3) is 0 Å². The summed E-state index contributed by atoms with van der Waals surface area (Å²) in [5, 5.41) is 2.89. The Balaban J connectivity index is 2.51. The topological polar surface area (TPSA) is 84.5 Å². The fourth-order valence-electron chi connectivity index (χ4n) is 1.16. The summed E-state index contributed by atoms with van der Waals surface area (Å²) in [6, 6.07) is 7.67. The van der Waals surface area contributed by atoms with E-state index in [0.717, 1.165) is 11.3 Å². The van der Waals surface area contributed by atoms with Crippen molar-refractivity contribution in [3.05, 3.63) is 29.8 Å². The molecule has 3 N–H and O–H groups in total. The van der Waals surface area contributed by atoms with Crippen LogP contribution in [-0.4, -0.2) is 32.9 Å². The lowest BCUT2D eigenvalue weighted by molar-refractivity contribution is 0.601. The molecule has 0 aliphatic rings. The molecule has 1 aromatic carbocycles. The first kappa shape index (κ1) is 13.5. The van der Waals surface area contributed by atoms with Gasteiger partial charge in [0.1, 0.15) is 9.84 Å². The third kappa shape index (κ3) is 5.91. The van der Waals surface area contributed by atoms with Gasteiger partial charge in [-0.05, 0) is 19.1 Å². The summed E-state index contributed by atoms with van der Waals surface area (Å²) < 4.78 is 21.8. The van der Waals surface area contributed by atoms with Gasteiger partial charge in [0.2, 0.25) is 0 Å². The van der Waals surface area contributed by atoms with Gasteiger partial charge in [-0.3, -0.25) is 4.99 Å². The Bertz CT molecular complexity index is 492. The van der Waals surface area contributed by atoms with E-state index in [2.05, 4.69) is 10.3 Å². The molecule has 0 radical (unpaired) electrons. The first-order valence-corrected chi connectivity index (χ1v) is 7.24. The van der Waals surface area contributed by atoms with Gasteiger partial charge >= 0.3 is 0 Å². The predicted molar refractivity (Wildman–Crippen MR) is 71.0 cm³/mol. The first-order valence-electron chi connectivity index (χ1n) is 5.18. The summed E-state index contributed by atoms with van der Waals surface area (Å²) in [7, 11) is -2.99. The number of benzene rings is 1. The molecule has 1 rings (SSSR count). The van der Waals surface area contributed by atoms with Crippen molar-refractivity contribution in [1.29, 1.82) is 0 Å². The normalized spacial score (nSPS) is 12.5. The van der Waals surface area contributed by atoms with E-state index in [4.69, 9.17) is 5.73 Å². The zero-order chi connectivity index (χ0) is 12.9. The number of hydrogen-bond donors (Lipinski definition) is 2. The number of sulfone groups is 1. The van der Waals surface area contributed by atoms with Crippen molar-refractivity contribution in [1.82, 2.24) is 0 Å². The highest BCUT2D eigenvalue weighted by molar-refractivity contribution is 7.90. The third-order valence-electron chi connectivity index (χ3n) is 2.07. The average molecular weight is 255 g/mol. The van der Waals surface area contributed by atoms with Crippen LogP contribution in [0.15, 0.2) is 29.3 Å². The van der Waals surface area contributed by atoms with Gasteiger partial charge in [-0.25, -0.2) is 8.42 Å². The number of nitrogens with zero attached hydrogens (tertiary/aromatic N) is 1. The van der Waals surface area contributed by atoms with E-state index in [1.165, 1.54) is 6.26 Å². The second kappa shape index (κ2) is 5.67. The lowest BCUT2D eigenvalue weighted by Crippen LogP contribution is -2.23. The average Bonchev–Trinajstić information content (AvgIpc) is 2.19. The second-order valence-corrected chi connectivity index (χ2v) is 6.15. The molecule has 0 unspecified atom stereocenters. The SMILES string of the molecule is Cc1ccc(NC(N)=NCCS(C)(=O)=O)cc1. The van der Waals surface area contributed by atoms with Crippen LogP contribution < -0.4 is 11.1 Å². The summed E-state index contributed by atoms with van der Waals surface area (Å²) in [5.74, 6) is 0.223. The zero-order valence-electron chi connectivity index (χ0n) is 9.97. The van der Waals surface area contributed by atoms with E-state index < -0.39 is 9.84 Å². The minimum absolute atomic E-state index is 0.00325. The number of rotatable bonds is 4. The molecule has 0 spiro atoms. The van der Waals surface area contributed by atoms with Crippen molar-refractivity contribution in [3.63, 3.8) is 0 Å². The van der Waals surface area contributed by atoms with Crippen LogP contribution in [0, 0.1) is 6.92 Å². The number of nitrogens with two attached hydrogens (primary N) is 1. The molecule has 0 bridgehead atoms. The molecule has 0 amide bonds. The fourth-order valence-corrected chi connectivity index (χ4v) is 1.58. The van der Waals surface area contributed by atoms with Crippen LogP contribution in [0.3, 0.4) is 0 Å². The maximum atomic E-state index is 10.9. The molecule has 0 saturated heterocycles. The smallest absolute Gasteiger partial charge is 0.193 e. The van der Waals surface area contributed by atoms with Gasteiger partial charge in [-0.1, -0.05) is 17.7 Å². The van der Waals surface area contributed by atoms with E-state index in [9.17, 15) is 8.42 Å². The van der Waals surface area contributed by atoms with Crippen molar-refractivity contribution >= 4 is 21.5 Å². The van der Waals surface area contributed by atoms with Crippen molar-refractivity contribution in [3.8, 4) is 0 Å². The maximum absolute atomic E-state index is 10.9. The van der Waals surface area contributed by atoms with Crippen LogP contribution in [0.5, 0.6) is 0 Å². The monoisotopic (exact) mass is 255 g/mol. The number of aliphatic imine (C=N–C) groups is 1. The van der Waals surface area contributed by atoms with E-state index in [1.807, 2.05) is 31.2 Å². The highest BCUT2D eigenvalue weighted by Crippen LogP contribution is 2.07. The van der Waals surface area contributed by atoms with E-state index in [-0.39, 0.29) is 18.3 Å². The van der Waals surface area contributed by atoms with Crippen LogP contribution in [0.4, 0.5) is 5.69 Å². The molecule has 6 heteroatoms. The number of aryl methyl sites for hydroxylation is 1. The molecular weight excluding hydrogens is 238 g/mol. The van der Waals surface area contributed by atoms with Crippen LogP contribution in [0.25, 0.3) is 0 Å². The maximum Gasteiger partial charge on any atom is 0.193 e. The number of hydrogen-bond acceptors (Lipinski definition) is 3. The van der Waals surface area contributed by atoms with Crippen LogP contribution in [-0.2, 0) is 9.84 Å². The van der Waals surface area contributed by atoms with Gasteiger partial charge in [0.05, 0.1) is 12.3 Å². The molecule has 0 heterocycles. The fraction of sp³-hybridized carbons (Fsp3) is 0.364. The van der Waals surface area contributed by atoms with E-state index in [1.54, 1.807) is 0 Å². The number of guanidine groups is 1. The number of anilines is 1. The Morgan fingerprint density at radius 3 is 2.47 bits per heavy atom. The third-order valence-corrected chi connectivity index (χ3v) is 2.99.